The Hall–Kier alpha value is -2.80. The summed E-state index contributed by atoms with van der Waals surface area (Å²) in [6, 6.07) is 5.84. The molecule has 33 heavy (non-hydrogen) atoms. The molecule has 0 aliphatic carbocycles. The number of ether oxygens (including phenoxy) is 1. The molecule has 0 saturated heterocycles. The number of hydrogen-bond acceptors (Lipinski definition) is 6. The minimum Gasteiger partial charge on any atom is -0.486 e. The number of nitrogens with one attached hydrogen (secondary N) is 3. The van der Waals surface area contributed by atoms with Crippen LogP contribution in [0.2, 0.25) is 10.0 Å². The van der Waals surface area contributed by atoms with Gasteiger partial charge in [-0.25, -0.2) is 0 Å². The first-order valence-corrected chi connectivity index (χ1v) is 11.6. The smallest absolute Gasteiger partial charge is 0.124 e. The van der Waals surface area contributed by atoms with Gasteiger partial charge in [-0.2, -0.15) is 0 Å². The number of nitrogens with zero attached hydrogens (tertiary/aromatic N) is 2. The van der Waals surface area contributed by atoms with Gasteiger partial charge in [0.25, 0.3) is 0 Å². The summed E-state index contributed by atoms with van der Waals surface area (Å²) in [5.41, 5.74) is 4.36. The number of aromatic nitrogens is 1. The molecule has 1 aromatic heterocycles. The summed E-state index contributed by atoms with van der Waals surface area (Å²) < 4.78 is 6.20. The Morgan fingerprint density at radius 2 is 2.00 bits per heavy atom. The SMILES string of the molecule is C=C(C1=C/NC=NCCNCC/C=C\1)c1cc(O[C@H](C)c2c(Cl)cncc2Cl)ccc1NC. The number of pyridine rings is 1. The number of allylic oxidation sites excluding steroid dienone is 3. The van der Waals surface area contributed by atoms with Gasteiger partial charge in [-0.15, -0.1) is 0 Å². The van der Waals surface area contributed by atoms with Gasteiger partial charge in [0, 0.05) is 49.0 Å². The second-order valence-corrected chi connectivity index (χ2v) is 8.27. The average molecular weight is 486 g/mol. The minimum absolute atomic E-state index is 0.361. The predicted octanol–water partition coefficient (Wildman–Crippen LogP) is 5.63. The third-order valence-corrected chi connectivity index (χ3v) is 5.75. The van der Waals surface area contributed by atoms with Gasteiger partial charge in [-0.3, -0.25) is 9.98 Å². The van der Waals surface area contributed by atoms with Crippen molar-refractivity contribution in [2.45, 2.75) is 19.4 Å². The normalized spacial score (nSPS) is 18.0. The van der Waals surface area contributed by atoms with Gasteiger partial charge in [-0.05, 0) is 49.2 Å². The maximum atomic E-state index is 6.31. The highest BCUT2D eigenvalue weighted by Crippen LogP contribution is 2.36. The highest BCUT2D eigenvalue weighted by molar-refractivity contribution is 6.35. The largest absolute Gasteiger partial charge is 0.486 e. The summed E-state index contributed by atoms with van der Waals surface area (Å²) in [7, 11) is 1.88. The van der Waals surface area contributed by atoms with Crippen LogP contribution in [0.25, 0.3) is 5.57 Å². The van der Waals surface area contributed by atoms with Crippen LogP contribution < -0.4 is 20.7 Å². The van der Waals surface area contributed by atoms with Crippen molar-refractivity contribution in [1.82, 2.24) is 15.6 Å². The molecule has 8 heteroatoms. The molecule has 1 aliphatic rings. The lowest BCUT2D eigenvalue weighted by atomic mass is 9.97. The van der Waals surface area contributed by atoms with Crippen LogP contribution in [-0.2, 0) is 0 Å². The van der Waals surface area contributed by atoms with Gasteiger partial charge in [0.1, 0.15) is 11.9 Å². The number of aliphatic imine (C=N–C) groups is 1. The van der Waals surface area contributed by atoms with Gasteiger partial charge in [0.15, 0.2) is 0 Å². The average Bonchev–Trinajstić information content (AvgIpc) is 2.79. The minimum atomic E-state index is -0.361. The fraction of sp³-hybridized carbons (Fsp3) is 0.280. The van der Waals surface area contributed by atoms with Crippen molar-refractivity contribution in [1.29, 1.82) is 0 Å². The molecule has 0 amide bonds. The third-order valence-electron chi connectivity index (χ3n) is 5.15. The molecule has 3 rings (SSSR count). The lowest BCUT2D eigenvalue weighted by Gasteiger charge is -2.20. The van der Waals surface area contributed by atoms with Gasteiger partial charge < -0.3 is 20.7 Å². The zero-order valence-electron chi connectivity index (χ0n) is 18.9. The molecular formula is C25H29Cl2N5O. The van der Waals surface area contributed by atoms with Gasteiger partial charge >= 0.3 is 0 Å². The highest BCUT2D eigenvalue weighted by atomic mass is 35.5. The van der Waals surface area contributed by atoms with Crippen molar-refractivity contribution >= 4 is 40.8 Å². The van der Waals surface area contributed by atoms with E-state index in [9.17, 15) is 0 Å². The van der Waals surface area contributed by atoms with Crippen LogP contribution in [0, 0.1) is 0 Å². The lowest BCUT2D eigenvalue weighted by Crippen LogP contribution is -2.19. The van der Waals surface area contributed by atoms with Crippen LogP contribution in [0.3, 0.4) is 0 Å². The molecule has 6 nitrogen and oxygen atoms in total. The zero-order valence-corrected chi connectivity index (χ0v) is 20.4. The molecule has 0 spiro atoms. The summed E-state index contributed by atoms with van der Waals surface area (Å²) in [6.45, 7) is 8.77. The van der Waals surface area contributed by atoms with E-state index in [1.807, 2.05) is 38.4 Å². The van der Waals surface area contributed by atoms with E-state index >= 15 is 0 Å². The van der Waals surface area contributed by atoms with Crippen LogP contribution in [0.15, 0.2) is 66.1 Å². The van der Waals surface area contributed by atoms with E-state index in [0.717, 1.165) is 48.5 Å². The third kappa shape index (κ3) is 6.84. The number of benzene rings is 1. The van der Waals surface area contributed by atoms with E-state index in [-0.39, 0.29) is 6.10 Å². The molecule has 0 unspecified atom stereocenters. The van der Waals surface area contributed by atoms with Crippen LogP contribution >= 0.6 is 23.2 Å². The zero-order chi connectivity index (χ0) is 23.6. The summed E-state index contributed by atoms with van der Waals surface area (Å²) >= 11 is 12.6. The molecule has 0 saturated carbocycles. The van der Waals surface area contributed by atoms with E-state index in [1.165, 1.54) is 0 Å². The molecule has 3 N–H and O–H groups in total. The van der Waals surface area contributed by atoms with Crippen LogP contribution in [0.4, 0.5) is 5.69 Å². The van der Waals surface area contributed by atoms with Crippen LogP contribution in [0.5, 0.6) is 5.75 Å². The maximum absolute atomic E-state index is 6.31. The predicted molar refractivity (Wildman–Crippen MR) is 140 cm³/mol. The first kappa shape index (κ1) is 24.8. The molecule has 2 heterocycles. The van der Waals surface area contributed by atoms with Crippen molar-refractivity contribution in [3.8, 4) is 5.75 Å². The van der Waals surface area contributed by atoms with Crippen molar-refractivity contribution in [3.05, 3.63) is 82.3 Å². The molecule has 0 fully saturated rings. The van der Waals surface area contributed by atoms with Gasteiger partial charge in [0.2, 0.25) is 0 Å². The Bertz CT molecular complexity index is 1040. The highest BCUT2D eigenvalue weighted by Gasteiger charge is 2.17. The number of anilines is 1. The quantitative estimate of drug-likeness (QED) is 0.494. The molecule has 1 aromatic carbocycles. The van der Waals surface area contributed by atoms with Crippen LogP contribution in [0.1, 0.15) is 30.6 Å². The molecule has 1 aliphatic heterocycles. The number of rotatable bonds is 6. The fourth-order valence-corrected chi connectivity index (χ4v) is 4.11. The Morgan fingerprint density at radius 1 is 1.21 bits per heavy atom. The monoisotopic (exact) mass is 485 g/mol. The molecule has 0 bridgehead atoms. The Morgan fingerprint density at radius 3 is 2.76 bits per heavy atom. The standard InChI is InChI=1S/C25H29Cl2N5O/c1-17(19-6-4-5-9-29-10-11-30-16-32-13-19)21-12-20(7-8-24(21)28-3)33-18(2)25-22(26)14-31-15-23(25)27/h4,6-8,12-16,18,28-29H,1,5,9-11H2,2-3H3,(H,30,32)/b6-4-,19-13+/t18-/m1/s1. The van der Waals surface area contributed by atoms with Crippen molar-refractivity contribution in [2.24, 2.45) is 4.99 Å². The van der Waals surface area contributed by atoms with Gasteiger partial charge in [0.05, 0.1) is 22.9 Å². The van der Waals surface area contributed by atoms with Crippen molar-refractivity contribution in [3.63, 3.8) is 0 Å². The Balaban J connectivity index is 1.89. The van der Waals surface area contributed by atoms with E-state index in [4.69, 9.17) is 27.9 Å². The van der Waals surface area contributed by atoms with Crippen LogP contribution in [-0.4, -0.2) is 38.0 Å². The molecule has 1 atom stereocenters. The Labute approximate surface area is 205 Å². The Kier molecular flexibility index (Phi) is 9.36. The topological polar surface area (TPSA) is 70.6 Å². The van der Waals surface area contributed by atoms with E-state index in [2.05, 4.69) is 44.7 Å². The first-order valence-electron chi connectivity index (χ1n) is 10.8. The fourth-order valence-electron chi connectivity index (χ4n) is 3.44. The summed E-state index contributed by atoms with van der Waals surface area (Å²) in [5.74, 6) is 0.679. The molecule has 0 radical (unpaired) electrons. The maximum Gasteiger partial charge on any atom is 0.124 e. The summed E-state index contributed by atoms with van der Waals surface area (Å²) in [6.07, 6.45) is 11.5. The van der Waals surface area contributed by atoms with Crippen molar-refractivity contribution in [2.75, 3.05) is 32.0 Å². The lowest BCUT2D eigenvalue weighted by molar-refractivity contribution is 0.227. The number of hydrogen-bond donors (Lipinski definition) is 3. The molecule has 2 aromatic rings. The summed E-state index contributed by atoms with van der Waals surface area (Å²) in [4.78, 5) is 8.35. The number of halogens is 2. The first-order chi connectivity index (χ1) is 16.0. The van der Waals surface area contributed by atoms with Gasteiger partial charge in [-0.1, -0.05) is 41.9 Å². The van der Waals surface area contributed by atoms with Crippen molar-refractivity contribution < 1.29 is 4.74 Å². The second kappa shape index (κ2) is 12.4. The van der Waals surface area contributed by atoms with E-state index in [1.54, 1.807) is 18.7 Å². The molecule has 174 valence electrons. The second-order valence-electron chi connectivity index (χ2n) is 7.46. The summed E-state index contributed by atoms with van der Waals surface area (Å²) in [5, 5.41) is 10.7. The van der Waals surface area contributed by atoms with E-state index < -0.39 is 0 Å². The van der Waals surface area contributed by atoms with E-state index in [0.29, 0.717) is 21.4 Å². The molecular weight excluding hydrogens is 457 g/mol.